The highest BCUT2D eigenvalue weighted by molar-refractivity contribution is 7.14. The first-order valence-corrected chi connectivity index (χ1v) is 10.2. The Morgan fingerprint density at radius 1 is 1.12 bits per heavy atom. The van der Waals surface area contributed by atoms with Crippen LogP contribution in [0.25, 0.3) is 11.3 Å². The largest absolute Gasteiger partial charge is 0.449 e. The van der Waals surface area contributed by atoms with Crippen molar-refractivity contribution in [2.75, 3.05) is 0 Å². The topological polar surface area (TPSA) is 85.6 Å². The van der Waals surface area contributed by atoms with Gasteiger partial charge in [-0.3, -0.25) is 9.59 Å². The maximum absolute atomic E-state index is 12.9. The van der Waals surface area contributed by atoms with Crippen molar-refractivity contribution in [2.24, 2.45) is 0 Å². The van der Waals surface area contributed by atoms with Crippen LogP contribution < -0.4 is 5.32 Å². The van der Waals surface area contributed by atoms with E-state index in [0.717, 1.165) is 17.0 Å². The molecule has 1 atom stereocenters. The molecule has 1 unspecified atom stereocenters. The number of amides is 1. The Kier molecular flexibility index (Phi) is 6.83. The molecule has 0 saturated heterocycles. The maximum atomic E-state index is 12.9. The molecule has 0 fully saturated rings. The molecule has 1 amide bonds. The number of esters is 1. The van der Waals surface area contributed by atoms with Crippen molar-refractivity contribution in [3.8, 4) is 11.3 Å². The molecule has 0 spiro atoms. The van der Waals surface area contributed by atoms with Crippen LogP contribution in [0.5, 0.6) is 0 Å². The molecule has 6 nitrogen and oxygen atoms in total. The summed E-state index contributed by atoms with van der Waals surface area (Å²) < 4.78 is 49.2. The van der Waals surface area contributed by atoms with Crippen LogP contribution in [-0.2, 0) is 22.3 Å². The molecule has 32 heavy (non-hydrogen) atoms. The van der Waals surface area contributed by atoms with E-state index in [1.807, 2.05) is 0 Å². The molecule has 0 bridgehead atoms. The van der Waals surface area contributed by atoms with E-state index in [0.29, 0.717) is 4.88 Å². The number of halogens is 3. The first kappa shape index (κ1) is 23.3. The molecule has 1 aromatic carbocycles. The minimum Gasteiger partial charge on any atom is -0.449 e. The fraction of sp³-hybridized carbons (Fsp3) is 0.227. The smallest absolute Gasteiger partial charge is 0.416 e. The third kappa shape index (κ3) is 5.64. The first-order chi connectivity index (χ1) is 15.0. The molecular formula is C22H18F3NO5S. The van der Waals surface area contributed by atoms with E-state index in [-0.39, 0.29) is 29.5 Å². The zero-order chi connectivity index (χ0) is 23.5. The Morgan fingerprint density at radius 3 is 2.56 bits per heavy atom. The molecule has 2 aromatic heterocycles. The van der Waals surface area contributed by atoms with Crippen molar-refractivity contribution < 1.29 is 36.7 Å². The van der Waals surface area contributed by atoms with Gasteiger partial charge >= 0.3 is 12.1 Å². The van der Waals surface area contributed by atoms with Crippen molar-refractivity contribution in [3.63, 3.8) is 0 Å². The third-order valence-electron chi connectivity index (χ3n) is 4.35. The van der Waals surface area contributed by atoms with Crippen molar-refractivity contribution in [2.45, 2.75) is 32.7 Å². The molecular weight excluding hydrogens is 447 g/mol. The van der Waals surface area contributed by atoms with E-state index in [4.69, 9.17) is 9.15 Å². The fourth-order valence-corrected chi connectivity index (χ4v) is 3.71. The van der Waals surface area contributed by atoms with Crippen LogP contribution >= 0.6 is 11.3 Å². The molecule has 0 aliphatic heterocycles. The molecule has 3 rings (SSSR count). The lowest BCUT2D eigenvalue weighted by Crippen LogP contribution is -2.23. The van der Waals surface area contributed by atoms with Gasteiger partial charge in [0, 0.05) is 17.4 Å². The molecule has 0 saturated carbocycles. The number of hydrogen-bond acceptors (Lipinski definition) is 6. The number of carbonyl (C=O) groups excluding carboxylic acids is 3. The Bertz CT molecular complexity index is 1150. The van der Waals surface area contributed by atoms with Gasteiger partial charge < -0.3 is 14.5 Å². The minimum atomic E-state index is -4.51. The summed E-state index contributed by atoms with van der Waals surface area (Å²) in [5.41, 5.74) is -0.697. The Labute approximate surface area is 185 Å². The maximum Gasteiger partial charge on any atom is 0.416 e. The van der Waals surface area contributed by atoms with Crippen LogP contribution in [-0.4, -0.2) is 23.8 Å². The molecule has 0 aliphatic carbocycles. The molecule has 0 aliphatic rings. The van der Waals surface area contributed by atoms with E-state index < -0.39 is 29.6 Å². The zero-order valence-corrected chi connectivity index (χ0v) is 17.8. The summed E-state index contributed by atoms with van der Waals surface area (Å²) in [6.07, 6.45) is -5.62. The number of Topliss-reactive ketones (excluding diaryl/α,β-unsaturated/α-hetero) is 1. The average Bonchev–Trinajstić information content (AvgIpc) is 3.41. The predicted octanol–water partition coefficient (Wildman–Crippen LogP) is 5.09. The van der Waals surface area contributed by atoms with Crippen LogP contribution in [0.4, 0.5) is 13.2 Å². The number of rotatable bonds is 7. The second-order valence-corrected chi connectivity index (χ2v) is 8.00. The second-order valence-electron chi connectivity index (χ2n) is 6.83. The lowest BCUT2D eigenvalue weighted by Gasteiger charge is -2.10. The molecule has 1 N–H and O–H groups in total. The molecule has 0 radical (unpaired) electrons. The molecule has 2 heterocycles. The Balaban J connectivity index is 1.66. The monoisotopic (exact) mass is 465 g/mol. The summed E-state index contributed by atoms with van der Waals surface area (Å²) in [5.74, 6) is -1.73. The number of furan rings is 1. The predicted molar refractivity (Wildman–Crippen MR) is 110 cm³/mol. The van der Waals surface area contributed by atoms with E-state index in [2.05, 4.69) is 5.32 Å². The minimum absolute atomic E-state index is 0.0582. The summed E-state index contributed by atoms with van der Waals surface area (Å²) in [7, 11) is 0. The quantitative estimate of drug-likeness (QED) is 0.388. The SMILES string of the molecule is CC(=O)NCc1ccc(C(=O)C(C)OC(=O)c2ccc(-c3cccc(C(F)(F)F)c3)o2)s1. The Morgan fingerprint density at radius 2 is 1.88 bits per heavy atom. The number of ether oxygens (including phenoxy) is 1. The summed E-state index contributed by atoms with van der Waals surface area (Å²) in [5, 5.41) is 2.62. The van der Waals surface area contributed by atoms with Gasteiger partial charge in [0.2, 0.25) is 17.5 Å². The number of ketones is 1. The number of nitrogens with one attached hydrogen (secondary N) is 1. The highest BCUT2D eigenvalue weighted by atomic mass is 32.1. The van der Waals surface area contributed by atoms with Gasteiger partial charge in [-0.05, 0) is 43.3 Å². The number of hydrogen-bond donors (Lipinski definition) is 1. The van der Waals surface area contributed by atoms with Gasteiger partial charge in [0.05, 0.1) is 17.0 Å². The van der Waals surface area contributed by atoms with Gasteiger partial charge in [-0.15, -0.1) is 11.3 Å². The second kappa shape index (κ2) is 9.39. The van der Waals surface area contributed by atoms with Crippen molar-refractivity contribution in [3.05, 3.63) is 69.6 Å². The zero-order valence-electron chi connectivity index (χ0n) is 17.0. The lowest BCUT2D eigenvalue weighted by atomic mass is 10.1. The molecule has 168 valence electrons. The van der Waals surface area contributed by atoms with Gasteiger partial charge in [-0.2, -0.15) is 13.2 Å². The van der Waals surface area contributed by atoms with Crippen LogP contribution in [0.15, 0.2) is 52.9 Å². The van der Waals surface area contributed by atoms with Crippen LogP contribution in [0, 0.1) is 0 Å². The summed E-state index contributed by atoms with van der Waals surface area (Å²) in [6.45, 7) is 3.07. The molecule has 3 aromatic rings. The van der Waals surface area contributed by atoms with Gasteiger partial charge in [0.1, 0.15) is 5.76 Å². The van der Waals surface area contributed by atoms with Gasteiger partial charge in [-0.1, -0.05) is 12.1 Å². The fourth-order valence-electron chi connectivity index (χ4n) is 2.74. The van der Waals surface area contributed by atoms with Gasteiger partial charge in [0.25, 0.3) is 0 Å². The average molecular weight is 465 g/mol. The summed E-state index contributed by atoms with van der Waals surface area (Å²) in [4.78, 5) is 37.0. The van der Waals surface area contributed by atoms with Crippen LogP contribution in [0.1, 0.15) is 44.5 Å². The van der Waals surface area contributed by atoms with E-state index in [1.165, 1.54) is 49.4 Å². The first-order valence-electron chi connectivity index (χ1n) is 9.40. The number of alkyl halides is 3. The third-order valence-corrected chi connectivity index (χ3v) is 5.45. The van der Waals surface area contributed by atoms with E-state index >= 15 is 0 Å². The van der Waals surface area contributed by atoms with E-state index in [9.17, 15) is 27.6 Å². The number of thiophene rings is 1. The van der Waals surface area contributed by atoms with Crippen molar-refractivity contribution >= 4 is 29.0 Å². The normalized spacial score (nSPS) is 12.3. The Hall–Kier alpha value is -3.40. The van der Waals surface area contributed by atoms with Crippen LogP contribution in [0.3, 0.4) is 0 Å². The van der Waals surface area contributed by atoms with Gasteiger partial charge in [0.15, 0.2) is 6.10 Å². The van der Waals surface area contributed by atoms with Crippen molar-refractivity contribution in [1.82, 2.24) is 5.32 Å². The van der Waals surface area contributed by atoms with Crippen LogP contribution in [0.2, 0.25) is 0 Å². The highest BCUT2D eigenvalue weighted by Crippen LogP contribution is 2.32. The molecule has 10 heteroatoms. The van der Waals surface area contributed by atoms with E-state index in [1.54, 1.807) is 12.1 Å². The summed E-state index contributed by atoms with van der Waals surface area (Å²) in [6, 6.07) is 10.4. The number of carbonyl (C=O) groups is 3. The van der Waals surface area contributed by atoms with Gasteiger partial charge in [-0.25, -0.2) is 4.79 Å². The number of benzene rings is 1. The highest BCUT2D eigenvalue weighted by Gasteiger charge is 2.31. The standard InChI is InChI=1S/C22H18F3NO5S/c1-12(20(28)19-9-6-16(32-19)11-26-13(2)27)30-21(29)18-8-7-17(31-18)14-4-3-5-15(10-14)22(23,24)25/h3-10,12H,11H2,1-2H3,(H,26,27). The lowest BCUT2D eigenvalue weighted by molar-refractivity contribution is -0.137. The van der Waals surface area contributed by atoms with Crippen molar-refractivity contribution in [1.29, 1.82) is 0 Å². The summed E-state index contributed by atoms with van der Waals surface area (Å²) >= 11 is 1.17.